The average Bonchev–Trinajstić information content (AvgIpc) is 2.42. The number of hydrogen-bond donors (Lipinski definition) is 2. The number of nitrogen functional groups attached to an aromatic ring is 1. The van der Waals surface area contributed by atoms with Crippen molar-refractivity contribution in [2.75, 3.05) is 12.3 Å². The predicted octanol–water partition coefficient (Wildman–Crippen LogP) is 2.05. The highest BCUT2D eigenvalue weighted by Gasteiger charge is 2.16. The summed E-state index contributed by atoms with van der Waals surface area (Å²) < 4.78 is 0. The third kappa shape index (κ3) is 2.92. The number of nitrogens with two attached hydrogens (primary N) is 2. The van der Waals surface area contributed by atoms with Crippen LogP contribution < -0.4 is 11.5 Å². The smallest absolute Gasteiger partial charge is 0.197 e. The molecule has 0 aliphatic heterocycles. The monoisotopic (exact) mass is 275 g/mol. The van der Waals surface area contributed by atoms with Crippen molar-refractivity contribution in [1.29, 1.82) is 0 Å². The number of aromatic nitrogens is 1. The minimum atomic E-state index is -0.184. The third-order valence-electron chi connectivity index (χ3n) is 2.81. The number of nitrogens with zero attached hydrogens (tertiary/aromatic N) is 1. The molecule has 0 radical (unpaired) electrons. The zero-order valence-corrected chi connectivity index (χ0v) is 11.0. The zero-order chi connectivity index (χ0) is 13.8. The van der Waals surface area contributed by atoms with E-state index in [1.165, 1.54) is 12.3 Å². The zero-order valence-electron chi connectivity index (χ0n) is 10.3. The molecule has 1 aromatic carbocycles. The van der Waals surface area contributed by atoms with Gasteiger partial charge in [-0.25, -0.2) is 4.98 Å². The maximum absolute atomic E-state index is 12.5. The van der Waals surface area contributed by atoms with Crippen LogP contribution in [0.2, 0.25) is 5.02 Å². The second-order valence-electron chi connectivity index (χ2n) is 4.11. The van der Waals surface area contributed by atoms with E-state index in [0.717, 1.165) is 5.56 Å². The van der Waals surface area contributed by atoms with E-state index < -0.39 is 0 Å². The fraction of sp³-hybridized carbons (Fsp3) is 0.143. The Kier molecular flexibility index (Phi) is 4.14. The van der Waals surface area contributed by atoms with E-state index in [1.807, 2.05) is 12.1 Å². The molecule has 0 bridgehead atoms. The quantitative estimate of drug-likeness (QED) is 0.837. The molecule has 0 atom stereocenters. The molecule has 0 unspecified atom stereocenters. The standard InChI is InChI=1S/C14H14ClN3O/c15-10-7-12(14(17)18-8-10)13(19)11-4-2-1-3-9(11)5-6-16/h1-4,7-8H,5-6,16H2,(H2,17,18). The van der Waals surface area contributed by atoms with Gasteiger partial charge in [-0.15, -0.1) is 0 Å². The molecule has 19 heavy (non-hydrogen) atoms. The van der Waals surface area contributed by atoms with E-state index >= 15 is 0 Å². The Hall–Kier alpha value is -1.91. The molecule has 4 nitrogen and oxygen atoms in total. The van der Waals surface area contributed by atoms with Gasteiger partial charge >= 0.3 is 0 Å². The molecule has 0 spiro atoms. The molecule has 1 aromatic heterocycles. The first-order chi connectivity index (χ1) is 9.13. The number of ketones is 1. The summed E-state index contributed by atoms with van der Waals surface area (Å²) in [6, 6.07) is 8.86. The van der Waals surface area contributed by atoms with E-state index in [4.69, 9.17) is 23.1 Å². The molecule has 0 aliphatic carbocycles. The molecule has 0 fully saturated rings. The van der Waals surface area contributed by atoms with E-state index in [1.54, 1.807) is 12.1 Å². The predicted molar refractivity (Wildman–Crippen MR) is 76.3 cm³/mol. The maximum atomic E-state index is 12.5. The first-order valence-electron chi connectivity index (χ1n) is 5.87. The molecule has 98 valence electrons. The SMILES string of the molecule is NCCc1ccccc1C(=O)c1cc(Cl)cnc1N. The van der Waals surface area contributed by atoms with Gasteiger partial charge in [0.15, 0.2) is 5.78 Å². The minimum absolute atomic E-state index is 0.178. The second-order valence-corrected chi connectivity index (χ2v) is 4.55. The van der Waals surface area contributed by atoms with Gasteiger partial charge in [-0.1, -0.05) is 35.9 Å². The highest BCUT2D eigenvalue weighted by molar-refractivity contribution is 6.31. The van der Waals surface area contributed by atoms with Crippen molar-refractivity contribution < 1.29 is 4.79 Å². The number of hydrogen-bond acceptors (Lipinski definition) is 4. The highest BCUT2D eigenvalue weighted by Crippen LogP contribution is 2.21. The maximum Gasteiger partial charge on any atom is 0.197 e. The van der Waals surface area contributed by atoms with Gasteiger partial charge in [-0.3, -0.25) is 4.79 Å². The van der Waals surface area contributed by atoms with Crippen LogP contribution in [0.4, 0.5) is 5.82 Å². The Labute approximate surface area is 116 Å². The van der Waals surface area contributed by atoms with E-state index in [0.29, 0.717) is 29.1 Å². The molecule has 0 aliphatic rings. The first-order valence-corrected chi connectivity index (χ1v) is 6.25. The number of carbonyl (C=O) groups is 1. The Bertz CT molecular complexity index is 613. The van der Waals surface area contributed by atoms with Crippen molar-refractivity contribution in [3.05, 3.63) is 58.2 Å². The van der Waals surface area contributed by atoms with Gasteiger partial charge in [0, 0.05) is 11.8 Å². The molecule has 0 saturated heterocycles. The lowest BCUT2D eigenvalue weighted by Crippen LogP contribution is -2.12. The van der Waals surface area contributed by atoms with Gasteiger partial charge in [0.1, 0.15) is 5.82 Å². The molecule has 2 aromatic rings. The summed E-state index contributed by atoms with van der Waals surface area (Å²) in [6.45, 7) is 0.480. The van der Waals surface area contributed by atoms with Crippen molar-refractivity contribution >= 4 is 23.2 Å². The van der Waals surface area contributed by atoms with Crippen molar-refractivity contribution in [3.63, 3.8) is 0 Å². The Morgan fingerprint density at radius 1 is 1.26 bits per heavy atom. The van der Waals surface area contributed by atoms with Gasteiger partial charge < -0.3 is 11.5 Å². The van der Waals surface area contributed by atoms with Crippen LogP contribution in [0.5, 0.6) is 0 Å². The fourth-order valence-corrected chi connectivity index (χ4v) is 2.05. The number of pyridine rings is 1. The Morgan fingerprint density at radius 3 is 2.74 bits per heavy atom. The van der Waals surface area contributed by atoms with Crippen LogP contribution in [0, 0.1) is 0 Å². The molecule has 0 saturated carbocycles. The fourth-order valence-electron chi connectivity index (χ4n) is 1.89. The lowest BCUT2D eigenvalue weighted by Gasteiger charge is -2.09. The van der Waals surface area contributed by atoms with Gasteiger partial charge in [0.05, 0.1) is 10.6 Å². The number of rotatable bonds is 4. The normalized spacial score (nSPS) is 10.4. The van der Waals surface area contributed by atoms with Gasteiger partial charge in [-0.2, -0.15) is 0 Å². The topological polar surface area (TPSA) is 82.0 Å². The van der Waals surface area contributed by atoms with Crippen LogP contribution in [0.15, 0.2) is 36.5 Å². The number of benzene rings is 1. The summed E-state index contributed by atoms with van der Waals surface area (Å²) in [5, 5.41) is 0.383. The van der Waals surface area contributed by atoms with E-state index in [2.05, 4.69) is 4.98 Å². The lowest BCUT2D eigenvalue weighted by atomic mass is 9.97. The average molecular weight is 276 g/mol. The van der Waals surface area contributed by atoms with Crippen LogP contribution >= 0.6 is 11.6 Å². The van der Waals surface area contributed by atoms with Crippen molar-refractivity contribution in [2.45, 2.75) is 6.42 Å². The molecule has 0 amide bonds. The van der Waals surface area contributed by atoms with Crippen LogP contribution in [-0.2, 0) is 6.42 Å². The van der Waals surface area contributed by atoms with Crippen LogP contribution in [-0.4, -0.2) is 17.3 Å². The van der Waals surface area contributed by atoms with Crippen molar-refractivity contribution in [1.82, 2.24) is 4.98 Å². The Balaban J connectivity index is 2.47. The van der Waals surface area contributed by atoms with E-state index in [9.17, 15) is 4.79 Å². The third-order valence-corrected chi connectivity index (χ3v) is 3.01. The molecule has 5 heteroatoms. The lowest BCUT2D eigenvalue weighted by molar-refractivity contribution is 0.103. The summed E-state index contributed by atoms with van der Waals surface area (Å²) >= 11 is 5.86. The van der Waals surface area contributed by atoms with E-state index in [-0.39, 0.29) is 11.6 Å². The largest absolute Gasteiger partial charge is 0.383 e. The number of anilines is 1. The van der Waals surface area contributed by atoms with Crippen molar-refractivity contribution in [3.8, 4) is 0 Å². The summed E-state index contributed by atoms with van der Waals surface area (Å²) in [5.41, 5.74) is 13.1. The number of carbonyl (C=O) groups excluding carboxylic acids is 1. The summed E-state index contributed by atoms with van der Waals surface area (Å²) in [7, 11) is 0. The molecular weight excluding hydrogens is 262 g/mol. The number of halogens is 1. The molecule has 4 N–H and O–H groups in total. The minimum Gasteiger partial charge on any atom is -0.383 e. The summed E-state index contributed by atoms with van der Waals surface area (Å²) in [4.78, 5) is 16.4. The van der Waals surface area contributed by atoms with Gasteiger partial charge in [0.25, 0.3) is 0 Å². The van der Waals surface area contributed by atoms with Gasteiger partial charge in [0.2, 0.25) is 0 Å². The molecule has 1 heterocycles. The summed E-state index contributed by atoms with van der Waals surface area (Å²) in [6.07, 6.45) is 2.05. The first kappa shape index (κ1) is 13.5. The highest BCUT2D eigenvalue weighted by atomic mass is 35.5. The molecule has 2 rings (SSSR count). The van der Waals surface area contributed by atoms with Crippen LogP contribution in [0.3, 0.4) is 0 Å². The van der Waals surface area contributed by atoms with Crippen molar-refractivity contribution in [2.24, 2.45) is 5.73 Å². The second kappa shape index (κ2) is 5.82. The van der Waals surface area contributed by atoms with Crippen LogP contribution in [0.25, 0.3) is 0 Å². The van der Waals surface area contributed by atoms with Gasteiger partial charge in [-0.05, 0) is 24.6 Å². The van der Waals surface area contributed by atoms with Crippen LogP contribution in [0.1, 0.15) is 21.5 Å². The summed E-state index contributed by atoms with van der Waals surface area (Å²) in [5.74, 6) is -0.00602. The Morgan fingerprint density at radius 2 is 2.00 bits per heavy atom. The molecular formula is C14H14ClN3O.